The second kappa shape index (κ2) is 59.5. The summed E-state index contributed by atoms with van der Waals surface area (Å²) >= 11 is 0. The Hall–Kier alpha value is -4.57. The zero-order valence-corrected chi connectivity index (χ0v) is 50.9. The van der Waals surface area contributed by atoms with Crippen molar-refractivity contribution in [3.05, 3.63) is 134 Å². The van der Waals surface area contributed by atoms with Crippen LogP contribution in [0.4, 0.5) is 0 Å². The Bertz CT molecular complexity index is 1750. The number of carbonyl (C=O) groups is 3. The van der Waals surface area contributed by atoms with Crippen LogP contribution < -0.4 is 5.11 Å². The Morgan fingerprint density at radius 3 is 1.01 bits per heavy atom. The van der Waals surface area contributed by atoms with Gasteiger partial charge in [0.25, 0.3) is 0 Å². The monoisotopic (exact) mass is 1100 g/mol. The molecule has 2 unspecified atom stereocenters. The lowest BCUT2D eigenvalue weighted by Gasteiger charge is -2.26. The van der Waals surface area contributed by atoms with Crippen LogP contribution in [-0.4, -0.2) is 82.3 Å². The van der Waals surface area contributed by atoms with Gasteiger partial charge in [0.1, 0.15) is 13.2 Å². The lowest BCUT2D eigenvalue weighted by molar-refractivity contribution is -0.870. The molecule has 448 valence electrons. The average Bonchev–Trinajstić information content (AvgIpc) is 3.42. The fourth-order valence-corrected chi connectivity index (χ4v) is 8.15. The number of carbonyl (C=O) groups excluding carboxylic acids is 3. The fraction of sp³-hybridized carbons (Fsp3) is 0.643. The molecule has 0 N–H and O–H groups in total. The number of carboxylic acid groups (broad SMARTS) is 1. The van der Waals surface area contributed by atoms with Crippen LogP contribution in [0.2, 0.25) is 0 Å². The van der Waals surface area contributed by atoms with E-state index in [0.29, 0.717) is 17.4 Å². The van der Waals surface area contributed by atoms with Crippen LogP contribution >= 0.6 is 0 Å². The molecule has 0 fully saturated rings. The average molecular weight is 1100 g/mol. The summed E-state index contributed by atoms with van der Waals surface area (Å²) in [5, 5.41) is 11.8. The fourth-order valence-electron chi connectivity index (χ4n) is 8.15. The van der Waals surface area contributed by atoms with Gasteiger partial charge in [-0.3, -0.25) is 9.59 Å². The molecule has 0 rings (SSSR count). The van der Waals surface area contributed by atoms with Gasteiger partial charge >= 0.3 is 11.9 Å². The van der Waals surface area contributed by atoms with E-state index < -0.39 is 24.3 Å². The highest BCUT2D eigenvalue weighted by molar-refractivity contribution is 5.70. The van der Waals surface area contributed by atoms with E-state index in [1.165, 1.54) is 70.6 Å². The van der Waals surface area contributed by atoms with Crippen LogP contribution in [0.15, 0.2) is 134 Å². The zero-order valence-electron chi connectivity index (χ0n) is 50.9. The van der Waals surface area contributed by atoms with Gasteiger partial charge in [-0.25, -0.2) is 0 Å². The van der Waals surface area contributed by atoms with Gasteiger partial charge in [0.2, 0.25) is 0 Å². The Morgan fingerprint density at radius 2 is 0.684 bits per heavy atom. The third-order valence-corrected chi connectivity index (χ3v) is 12.9. The van der Waals surface area contributed by atoms with Crippen molar-refractivity contribution in [3.8, 4) is 0 Å². The van der Waals surface area contributed by atoms with Gasteiger partial charge in [-0.05, 0) is 109 Å². The van der Waals surface area contributed by atoms with Crippen molar-refractivity contribution in [1.29, 1.82) is 0 Å². The predicted molar refractivity (Wildman–Crippen MR) is 333 cm³/mol. The maximum atomic E-state index is 12.9. The van der Waals surface area contributed by atoms with E-state index >= 15 is 0 Å². The lowest BCUT2D eigenvalue weighted by atomic mass is 10.0. The first-order valence-electron chi connectivity index (χ1n) is 31.3. The van der Waals surface area contributed by atoms with E-state index in [9.17, 15) is 19.5 Å². The summed E-state index contributed by atoms with van der Waals surface area (Å²) in [7, 11) is 5.91. The maximum Gasteiger partial charge on any atom is 0.306 e. The number of aliphatic carboxylic acids is 1. The van der Waals surface area contributed by atoms with E-state index in [2.05, 4.69) is 148 Å². The molecule has 0 spiro atoms. The van der Waals surface area contributed by atoms with Crippen LogP contribution in [-0.2, 0) is 33.3 Å². The van der Waals surface area contributed by atoms with Crippen molar-refractivity contribution in [2.24, 2.45) is 0 Å². The number of likely N-dealkylation sites (N-methyl/N-ethyl adjacent to an activating group) is 1. The van der Waals surface area contributed by atoms with Crippen molar-refractivity contribution < 1.29 is 42.9 Å². The summed E-state index contributed by atoms with van der Waals surface area (Å²) < 4.78 is 22.7. The van der Waals surface area contributed by atoms with Crippen molar-refractivity contribution in [2.45, 2.75) is 245 Å². The molecular weight excluding hydrogens is 983 g/mol. The molecule has 2 atom stereocenters. The van der Waals surface area contributed by atoms with Crippen LogP contribution in [0, 0.1) is 0 Å². The Kier molecular flexibility index (Phi) is 56.1. The van der Waals surface area contributed by atoms with Gasteiger partial charge in [-0.2, -0.15) is 0 Å². The Labute approximate surface area is 484 Å². The summed E-state index contributed by atoms with van der Waals surface area (Å²) in [5.74, 6) is -2.31. The van der Waals surface area contributed by atoms with Gasteiger partial charge in [-0.15, -0.1) is 0 Å². The molecular formula is C70H115NO8. The SMILES string of the molecule is CC/C=C\C/C=C\C/C=C\C/C=C\C/C=C\C/C=C\CCCCCCCCCCC(=O)OC(COC(=O)CCCCCCCCCCCCC/C=C\C/C=C\C/C=C\C/C=C\C/C=C\CC)COC(OCC[N+](C)(C)C)C(=O)[O-]. The number of nitrogens with zero attached hydrogens (tertiary/aromatic N) is 1. The van der Waals surface area contributed by atoms with Crippen LogP contribution in [0.3, 0.4) is 0 Å². The second-order valence-electron chi connectivity index (χ2n) is 21.6. The summed E-state index contributed by atoms with van der Waals surface area (Å²) in [6, 6.07) is 0. The molecule has 9 nitrogen and oxygen atoms in total. The van der Waals surface area contributed by atoms with E-state index in [1.54, 1.807) is 0 Å². The largest absolute Gasteiger partial charge is 0.545 e. The number of rotatable bonds is 56. The van der Waals surface area contributed by atoms with Crippen LogP contribution in [0.25, 0.3) is 0 Å². The molecule has 0 bridgehead atoms. The molecule has 9 heteroatoms. The van der Waals surface area contributed by atoms with Gasteiger partial charge in [0.15, 0.2) is 12.4 Å². The molecule has 0 saturated heterocycles. The standard InChI is InChI=1S/C70H115NO8/c1-6-8-10-12-14-16-18-20-22-24-26-28-30-32-34-36-38-40-42-44-46-48-50-52-54-56-58-60-67(72)77-64-66(65-78-70(69(74)75)76-63-62-71(3,4)5)79-68(73)61-59-57-55-53-51-49-47-45-43-41-39-37-35-33-31-29-27-25-23-21-19-17-15-13-11-9-7-2/h8-11,14-17,20-23,26-29,32-35,39,41,66,70H,6-7,12-13,18-19,24-25,30-31,36-38,40,42-65H2,1-5H3/b10-8-,11-9-,16-14-,17-15-,22-20-,23-21-,28-26-,29-27-,34-32-,35-33-,41-39-. The van der Waals surface area contributed by atoms with Gasteiger partial charge in [0.05, 0.1) is 40.3 Å². The number of ether oxygens (including phenoxy) is 4. The normalized spacial score (nSPS) is 13.7. The molecule has 0 aliphatic carbocycles. The number of hydrogen-bond acceptors (Lipinski definition) is 8. The van der Waals surface area contributed by atoms with E-state index in [1.807, 2.05) is 21.1 Å². The minimum atomic E-state index is -1.63. The number of unbranched alkanes of at least 4 members (excludes halogenated alkanes) is 19. The third kappa shape index (κ3) is 60.9. The number of carboxylic acids is 1. The van der Waals surface area contributed by atoms with Crippen LogP contribution in [0.1, 0.15) is 232 Å². The highest BCUT2D eigenvalue weighted by Gasteiger charge is 2.22. The Morgan fingerprint density at radius 1 is 0.380 bits per heavy atom. The lowest BCUT2D eigenvalue weighted by Crippen LogP contribution is -2.44. The van der Waals surface area contributed by atoms with Crippen LogP contribution in [0.5, 0.6) is 0 Å². The van der Waals surface area contributed by atoms with Crippen molar-refractivity contribution in [3.63, 3.8) is 0 Å². The molecule has 0 radical (unpaired) electrons. The van der Waals surface area contributed by atoms with E-state index in [-0.39, 0.29) is 38.6 Å². The minimum absolute atomic E-state index is 0.138. The first-order valence-corrected chi connectivity index (χ1v) is 31.3. The first kappa shape index (κ1) is 74.4. The summed E-state index contributed by atoms with van der Waals surface area (Å²) in [5.41, 5.74) is 0. The summed E-state index contributed by atoms with van der Waals surface area (Å²) in [6.07, 6.45) is 82.1. The molecule has 0 aliphatic rings. The number of esters is 2. The molecule has 0 amide bonds. The molecule has 0 heterocycles. The number of hydrogen-bond donors (Lipinski definition) is 0. The van der Waals surface area contributed by atoms with Gasteiger partial charge in [0, 0.05) is 12.8 Å². The summed E-state index contributed by atoms with van der Waals surface area (Å²) in [4.78, 5) is 37.4. The predicted octanol–water partition coefficient (Wildman–Crippen LogP) is 17.7. The quantitative estimate of drug-likeness (QED) is 0.0195. The third-order valence-electron chi connectivity index (χ3n) is 12.9. The first-order chi connectivity index (χ1) is 38.6. The zero-order chi connectivity index (χ0) is 57.6. The van der Waals surface area contributed by atoms with Crippen molar-refractivity contribution >= 4 is 17.9 Å². The molecule has 0 aromatic rings. The topological polar surface area (TPSA) is 111 Å². The maximum absolute atomic E-state index is 12.9. The molecule has 0 aliphatic heterocycles. The number of quaternary nitrogens is 1. The van der Waals surface area contributed by atoms with E-state index in [0.717, 1.165) is 128 Å². The second-order valence-corrected chi connectivity index (χ2v) is 21.6. The van der Waals surface area contributed by atoms with Crippen molar-refractivity contribution in [1.82, 2.24) is 0 Å². The summed E-state index contributed by atoms with van der Waals surface area (Å²) in [6.45, 7) is 4.50. The number of allylic oxidation sites excluding steroid dienone is 22. The molecule has 0 saturated carbocycles. The van der Waals surface area contributed by atoms with Gasteiger partial charge < -0.3 is 33.3 Å². The van der Waals surface area contributed by atoms with E-state index in [4.69, 9.17) is 18.9 Å². The highest BCUT2D eigenvalue weighted by Crippen LogP contribution is 2.15. The smallest absolute Gasteiger partial charge is 0.306 e. The van der Waals surface area contributed by atoms with Crippen molar-refractivity contribution in [2.75, 3.05) is 47.5 Å². The Balaban J connectivity index is 4.26. The molecule has 0 aromatic heterocycles. The van der Waals surface area contributed by atoms with Gasteiger partial charge in [-0.1, -0.05) is 244 Å². The highest BCUT2D eigenvalue weighted by atomic mass is 16.7. The molecule has 0 aromatic carbocycles. The minimum Gasteiger partial charge on any atom is -0.545 e. The molecule has 79 heavy (non-hydrogen) atoms.